The minimum absolute atomic E-state index is 0.220. The lowest BCUT2D eigenvalue weighted by atomic mass is 10.1. The first-order valence-electron chi connectivity index (χ1n) is 9.57. The van der Waals surface area contributed by atoms with Gasteiger partial charge in [-0.1, -0.05) is 101 Å². The van der Waals surface area contributed by atoms with Crippen molar-refractivity contribution in [3.63, 3.8) is 0 Å². The highest BCUT2D eigenvalue weighted by Gasteiger charge is 2.17. The summed E-state index contributed by atoms with van der Waals surface area (Å²) < 4.78 is 1.87. The Labute approximate surface area is 195 Å². The van der Waals surface area contributed by atoms with Crippen LogP contribution in [-0.4, -0.2) is 16.0 Å². The van der Waals surface area contributed by atoms with E-state index in [0.29, 0.717) is 10.0 Å². The van der Waals surface area contributed by atoms with E-state index in [1.54, 1.807) is 24.0 Å². The van der Waals surface area contributed by atoms with Crippen molar-refractivity contribution in [2.24, 2.45) is 12.2 Å². The molecular formula is C24H19Cl2N3OS. The molecule has 4 rings (SSSR count). The normalized spacial score (nSPS) is 11.2. The molecular weight excluding hydrogens is 449 g/mol. The minimum Gasteiger partial charge on any atom is -0.391 e. The van der Waals surface area contributed by atoms with E-state index in [1.165, 1.54) is 0 Å². The molecule has 0 amide bonds. The maximum absolute atomic E-state index is 6.23. The van der Waals surface area contributed by atoms with Crippen molar-refractivity contribution in [1.29, 1.82) is 0 Å². The SMILES string of the molecule is Cn1nc(-c2ccccc2)c(/C=N\OCc2cccc(Cl)c2Cl)c1Sc1ccccc1. The Morgan fingerprint density at radius 2 is 1.68 bits per heavy atom. The van der Waals surface area contributed by atoms with Crippen LogP contribution in [0.5, 0.6) is 0 Å². The standard InChI is InChI=1S/C24H19Cl2N3OS/c1-29-24(31-19-12-6-3-7-13-19)20(23(28-29)17-9-4-2-5-10-17)15-27-30-16-18-11-8-14-21(25)22(18)26/h2-15H,16H2,1H3/b27-15-. The van der Waals surface area contributed by atoms with Gasteiger partial charge in [0.1, 0.15) is 17.3 Å². The maximum Gasteiger partial charge on any atom is 0.143 e. The molecule has 0 unspecified atom stereocenters. The molecule has 0 saturated heterocycles. The molecule has 0 atom stereocenters. The lowest BCUT2D eigenvalue weighted by molar-refractivity contribution is 0.132. The average molecular weight is 468 g/mol. The van der Waals surface area contributed by atoms with Crippen LogP contribution in [0.2, 0.25) is 10.0 Å². The first kappa shape index (κ1) is 21.5. The highest BCUT2D eigenvalue weighted by atomic mass is 35.5. The van der Waals surface area contributed by atoms with Gasteiger partial charge < -0.3 is 4.84 Å². The molecule has 3 aromatic carbocycles. The average Bonchev–Trinajstić information content (AvgIpc) is 3.10. The number of hydrogen-bond donors (Lipinski definition) is 0. The van der Waals surface area contributed by atoms with Crippen LogP contribution in [0.25, 0.3) is 11.3 Å². The van der Waals surface area contributed by atoms with E-state index in [-0.39, 0.29) is 6.61 Å². The molecule has 1 aromatic heterocycles. The van der Waals surface area contributed by atoms with Crippen molar-refractivity contribution in [1.82, 2.24) is 9.78 Å². The predicted octanol–water partition coefficient (Wildman–Crippen LogP) is 7.10. The third kappa shape index (κ3) is 5.13. The number of benzene rings is 3. The van der Waals surface area contributed by atoms with Gasteiger partial charge in [-0.2, -0.15) is 5.10 Å². The lowest BCUT2D eigenvalue weighted by Crippen LogP contribution is -1.94. The molecule has 0 spiro atoms. The highest BCUT2D eigenvalue weighted by molar-refractivity contribution is 7.99. The van der Waals surface area contributed by atoms with E-state index in [0.717, 1.165) is 32.3 Å². The lowest BCUT2D eigenvalue weighted by Gasteiger charge is -2.05. The second kappa shape index (κ2) is 10.1. The van der Waals surface area contributed by atoms with Gasteiger partial charge in [0.25, 0.3) is 0 Å². The summed E-state index contributed by atoms with van der Waals surface area (Å²) in [6.07, 6.45) is 1.71. The Kier molecular flexibility index (Phi) is 6.97. The van der Waals surface area contributed by atoms with Crippen LogP contribution in [0.15, 0.2) is 93.9 Å². The fourth-order valence-corrected chi connectivity index (χ4v) is 4.35. The second-order valence-corrected chi connectivity index (χ2v) is 8.54. The zero-order chi connectivity index (χ0) is 21.6. The van der Waals surface area contributed by atoms with Crippen molar-refractivity contribution >= 4 is 41.2 Å². The van der Waals surface area contributed by atoms with Gasteiger partial charge in [-0.3, -0.25) is 4.68 Å². The zero-order valence-corrected chi connectivity index (χ0v) is 19.0. The molecule has 0 radical (unpaired) electrons. The highest BCUT2D eigenvalue weighted by Crippen LogP contribution is 2.34. The third-order valence-corrected chi connectivity index (χ3v) is 6.59. The predicted molar refractivity (Wildman–Crippen MR) is 128 cm³/mol. The van der Waals surface area contributed by atoms with Crippen molar-refractivity contribution in [3.8, 4) is 11.3 Å². The summed E-state index contributed by atoms with van der Waals surface area (Å²) in [4.78, 5) is 6.66. The topological polar surface area (TPSA) is 39.4 Å². The van der Waals surface area contributed by atoms with Gasteiger partial charge in [0.05, 0.1) is 21.8 Å². The first-order valence-corrected chi connectivity index (χ1v) is 11.1. The molecule has 0 bridgehead atoms. The van der Waals surface area contributed by atoms with E-state index in [9.17, 15) is 0 Å². The summed E-state index contributed by atoms with van der Waals surface area (Å²) in [5, 5.41) is 10.9. The maximum atomic E-state index is 6.23. The monoisotopic (exact) mass is 467 g/mol. The number of oxime groups is 1. The molecule has 1 heterocycles. The molecule has 0 fully saturated rings. The molecule has 0 saturated carbocycles. The van der Waals surface area contributed by atoms with Gasteiger partial charge in [0.2, 0.25) is 0 Å². The van der Waals surface area contributed by atoms with Gasteiger partial charge in [0, 0.05) is 23.1 Å². The fraction of sp³-hybridized carbons (Fsp3) is 0.0833. The number of halogens is 2. The van der Waals surface area contributed by atoms with Crippen molar-refractivity contribution in [2.75, 3.05) is 0 Å². The molecule has 4 nitrogen and oxygen atoms in total. The van der Waals surface area contributed by atoms with E-state index >= 15 is 0 Å². The van der Waals surface area contributed by atoms with Crippen LogP contribution in [0, 0.1) is 0 Å². The third-order valence-electron chi connectivity index (χ3n) is 4.54. The van der Waals surface area contributed by atoms with Crippen LogP contribution in [0.4, 0.5) is 0 Å². The minimum atomic E-state index is 0.220. The number of nitrogens with zero attached hydrogens (tertiary/aromatic N) is 3. The molecule has 0 aliphatic carbocycles. The summed E-state index contributed by atoms with van der Waals surface area (Å²) >= 11 is 13.9. The summed E-state index contributed by atoms with van der Waals surface area (Å²) in [7, 11) is 1.93. The fourth-order valence-electron chi connectivity index (χ4n) is 3.03. The van der Waals surface area contributed by atoms with Crippen LogP contribution in [0.3, 0.4) is 0 Å². The van der Waals surface area contributed by atoms with Gasteiger partial charge >= 0.3 is 0 Å². The van der Waals surface area contributed by atoms with Gasteiger partial charge in [-0.05, 0) is 18.2 Å². The smallest absolute Gasteiger partial charge is 0.143 e. The quantitative estimate of drug-likeness (QED) is 0.215. The summed E-state index contributed by atoms with van der Waals surface area (Å²) in [5.74, 6) is 0. The zero-order valence-electron chi connectivity index (χ0n) is 16.7. The number of rotatable bonds is 7. The molecule has 31 heavy (non-hydrogen) atoms. The number of aromatic nitrogens is 2. The Bertz CT molecular complexity index is 1190. The second-order valence-electron chi connectivity index (χ2n) is 6.69. The van der Waals surface area contributed by atoms with E-state index < -0.39 is 0 Å². The molecule has 4 aromatic rings. The largest absolute Gasteiger partial charge is 0.391 e. The Morgan fingerprint density at radius 1 is 0.968 bits per heavy atom. The molecule has 0 aliphatic rings. The number of hydrogen-bond acceptors (Lipinski definition) is 4. The molecule has 156 valence electrons. The summed E-state index contributed by atoms with van der Waals surface area (Å²) in [6, 6.07) is 25.6. The summed E-state index contributed by atoms with van der Waals surface area (Å²) in [6.45, 7) is 0.220. The number of aryl methyl sites for hydroxylation is 1. The first-order chi connectivity index (χ1) is 15.1. The van der Waals surface area contributed by atoms with Crippen molar-refractivity contribution in [2.45, 2.75) is 16.5 Å². The van der Waals surface area contributed by atoms with Crippen LogP contribution in [-0.2, 0) is 18.5 Å². The van der Waals surface area contributed by atoms with E-state index in [2.05, 4.69) is 17.3 Å². The van der Waals surface area contributed by atoms with Crippen LogP contribution in [0.1, 0.15) is 11.1 Å². The molecule has 0 N–H and O–H groups in total. The van der Waals surface area contributed by atoms with E-state index in [1.807, 2.05) is 72.4 Å². The van der Waals surface area contributed by atoms with Crippen LogP contribution < -0.4 is 0 Å². The van der Waals surface area contributed by atoms with Gasteiger partial charge in [-0.25, -0.2) is 0 Å². The Hall–Kier alpha value is -2.73. The Balaban J connectivity index is 1.63. The molecule has 0 aliphatic heterocycles. The summed E-state index contributed by atoms with van der Waals surface area (Å²) in [5.41, 5.74) is 3.52. The van der Waals surface area contributed by atoms with Gasteiger partial charge in [-0.15, -0.1) is 0 Å². The van der Waals surface area contributed by atoms with Crippen molar-refractivity contribution in [3.05, 3.63) is 100 Å². The van der Waals surface area contributed by atoms with E-state index in [4.69, 9.17) is 33.1 Å². The van der Waals surface area contributed by atoms with Gasteiger partial charge in [0.15, 0.2) is 0 Å². The Morgan fingerprint density at radius 3 is 2.42 bits per heavy atom. The van der Waals surface area contributed by atoms with Crippen LogP contribution >= 0.6 is 35.0 Å². The van der Waals surface area contributed by atoms with Crippen molar-refractivity contribution < 1.29 is 4.84 Å². The molecule has 7 heteroatoms.